The van der Waals surface area contributed by atoms with Gasteiger partial charge in [-0.05, 0) is 27.2 Å². The minimum absolute atomic E-state index is 0.477. The molecule has 0 bridgehead atoms. The summed E-state index contributed by atoms with van der Waals surface area (Å²) in [5, 5.41) is 13.4. The Bertz CT molecular complexity index is 383. The first-order valence-electron chi connectivity index (χ1n) is 5.75. The van der Waals surface area contributed by atoms with E-state index < -0.39 is 11.9 Å². The van der Waals surface area contributed by atoms with Crippen LogP contribution in [-0.2, 0) is 11.3 Å². The molecule has 0 aliphatic heterocycles. The molecule has 0 saturated carbocycles. The van der Waals surface area contributed by atoms with E-state index in [0.717, 1.165) is 36.3 Å². The van der Waals surface area contributed by atoms with Crippen LogP contribution in [-0.4, -0.2) is 20.9 Å². The van der Waals surface area contributed by atoms with Crippen molar-refractivity contribution in [3.8, 4) is 0 Å². The summed E-state index contributed by atoms with van der Waals surface area (Å²) in [5.41, 5.74) is 2.69. The van der Waals surface area contributed by atoms with Gasteiger partial charge in [0, 0.05) is 17.8 Å². The van der Waals surface area contributed by atoms with Crippen molar-refractivity contribution in [3.63, 3.8) is 0 Å². The molecule has 0 radical (unpaired) electrons. The van der Waals surface area contributed by atoms with Gasteiger partial charge in [0.2, 0.25) is 0 Å². The second-order valence-electron chi connectivity index (χ2n) is 4.22. The third kappa shape index (κ3) is 2.43. The lowest BCUT2D eigenvalue weighted by Crippen LogP contribution is -2.10. The van der Waals surface area contributed by atoms with E-state index in [1.807, 2.05) is 18.5 Å². The van der Waals surface area contributed by atoms with Crippen LogP contribution >= 0.6 is 0 Å². The van der Waals surface area contributed by atoms with Gasteiger partial charge in [-0.15, -0.1) is 0 Å². The molecule has 4 nitrogen and oxygen atoms in total. The lowest BCUT2D eigenvalue weighted by atomic mass is 9.99. The van der Waals surface area contributed by atoms with Crippen LogP contribution in [0.3, 0.4) is 0 Å². The van der Waals surface area contributed by atoms with Crippen LogP contribution in [0.2, 0.25) is 0 Å². The Morgan fingerprint density at radius 1 is 1.50 bits per heavy atom. The van der Waals surface area contributed by atoms with Gasteiger partial charge in [-0.3, -0.25) is 9.48 Å². The molecule has 0 aliphatic rings. The van der Waals surface area contributed by atoms with Gasteiger partial charge >= 0.3 is 5.97 Å². The van der Waals surface area contributed by atoms with Crippen LogP contribution < -0.4 is 0 Å². The molecule has 0 fully saturated rings. The molecule has 1 rings (SSSR count). The number of hydrogen-bond acceptors (Lipinski definition) is 2. The summed E-state index contributed by atoms with van der Waals surface area (Å²) in [4.78, 5) is 11.0. The number of aromatic nitrogens is 2. The molecule has 0 aliphatic carbocycles. The number of rotatable bonds is 5. The second-order valence-corrected chi connectivity index (χ2v) is 4.22. The monoisotopic (exact) mass is 224 g/mol. The van der Waals surface area contributed by atoms with E-state index in [4.69, 9.17) is 5.11 Å². The van der Waals surface area contributed by atoms with Crippen LogP contribution in [0, 0.1) is 13.8 Å². The van der Waals surface area contributed by atoms with Gasteiger partial charge in [0.25, 0.3) is 0 Å². The quantitative estimate of drug-likeness (QED) is 0.836. The van der Waals surface area contributed by atoms with Gasteiger partial charge in [0.05, 0.1) is 11.6 Å². The Balaban J connectivity index is 3.02. The first-order valence-corrected chi connectivity index (χ1v) is 5.75. The summed E-state index contributed by atoms with van der Waals surface area (Å²) < 4.78 is 1.92. The number of unbranched alkanes of at least 4 members (excludes halogenated alkanes) is 1. The largest absolute Gasteiger partial charge is 0.481 e. The molecule has 16 heavy (non-hydrogen) atoms. The van der Waals surface area contributed by atoms with Crippen molar-refractivity contribution in [3.05, 3.63) is 17.0 Å². The lowest BCUT2D eigenvalue weighted by molar-refractivity contribution is -0.138. The number of nitrogens with zero attached hydrogens (tertiary/aromatic N) is 2. The van der Waals surface area contributed by atoms with Crippen LogP contribution in [0.4, 0.5) is 0 Å². The van der Waals surface area contributed by atoms with Gasteiger partial charge < -0.3 is 5.11 Å². The Labute approximate surface area is 96.3 Å². The maximum atomic E-state index is 11.0. The minimum atomic E-state index is -0.791. The summed E-state index contributed by atoms with van der Waals surface area (Å²) in [6.07, 6.45) is 2.19. The molecule has 1 atom stereocenters. The highest BCUT2D eigenvalue weighted by atomic mass is 16.4. The highest BCUT2D eigenvalue weighted by Gasteiger charge is 2.22. The molecule has 4 heteroatoms. The molecule has 1 aromatic rings. The molecule has 1 N–H and O–H groups in total. The van der Waals surface area contributed by atoms with E-state index in [1.54, 1.807) is 6.92 Å². The highest BCUT2D eigenvalue weighted by Crippen LogP contribution is 2.23. The molecule has 0 spiro atoms. The number of aryl methyl sites for hydroxylation is 2. The average molecular weight is 224 g/mol. The standard InChI is InChI=1S/C12H20N2O2/c1-5-6-7-14-10(4)11(9(3)13-14)8(2)12(15)16/h8H,5-7H2,1-4H3,(H,15,16). The molecular formula is C12H20N2O2. The minimum Gasteiger partial charge on any atom is -0.481 e. The Hall–Kier alpha value is -1.32. The Morgan fingerprint density at radius 3 is 2.62 bits per heavy atom. The van der Waals surface area contributed by atoms with Crippen LogP contribution in [0.5, 0.6) is 0 Å². The molecule has 0 amide bonds. The third-order valence-electron chi connectivity index (χ3n) is 2.96. The molecule has 1 unspecified atom stereocenters. The molecule has 0 aromatic carbocycles. The number of carboxylic acid groups (broad SMARTS) is 1. The molecule has 90 valence electrons. The summed E-state index contributed by atoms with van der Waals surface area (Å²) in [5.74, 6) is -1.27. The Kier molecular flexibility index (Phi) is 4.10. The van der Waals surface area contributed by atoms with Crippen molar-refractivity contribution in [2.45, 2.75) is 53.0 Å². The molecule has 1 heterocycles. The van der Waals surface area contributed by atoms with Gasteiger partial charge in [-0.25, -0.2) is 0 Å². The van der Waals surface area contributed by atoms with Gasteiger partial charge in [-0.2, -0.15) is 5.10 Å². The molecule has 1 aromatic heterocycles. The summed E-state index contributed by atoms with van der Waals surface area (Å²) >= 11 is 0. The molecule has 0 saturated heterocycles. The summed E-state index contributed by atoms with van der Waals surface area (Å²) in [7, 11) is 0. The van der Waals surface area contributed by atoms with Crippen LogP contribution in [0.25, 0.3) is 0 Å². The van der Waals surface area contributed by atoms with E-state index in [1.165, 1.54) is 0 Å². The summed E-state index contributed by atoms with van der Waals surface area (Å²) in [6, 6.07) is 0. The number of carboxylic acids is 1. The zero-order chi connectivity index (χ0) is 12.3. The zero-order valence-corrected chi connectivity index (χ0v) is 10.4. The van der Waals surface area contributed by atoms with Gasteiger partial charge in [-0.1, -0.05) is 13.3 Å². The fraction of sp³-hybridized carbons (Fsp3) is 0.667. The van der Waals surface area contributed by atoms with Crippen molar-refractivity contribution in [2.24, 2.45) is 0 Å². The third-order valence-corrected chi connectivity index (χ3v) is 2.96. The van der Waals surface area contributed by atoms with Crippen molar-refractivity contribution >= 4 is 5.97 Å². The summed E-state index contributed by atoms with van der Waals surface area (Å²) in [6.45, 7) is 8.54. The number of aliphatic carboxylic acids is 1. The number of hydrogen-bond donors (Lipinski definition) is 1. The maximum Gasteiger partial charge on any atom is 0.310 e. The SMILES string of the molecule is CCCCn1nc(C)c(C(C)C(=O)O)c1C. The van der Waals surface area contributed by atoms with Crippen molar-refractivity contribution < 1.29 is 9.90 Å². The van der Waals surface area contributed by atoms with E-state index in [0.29, 0.717) is 0 Å². The Morgan fingerprint density at radius 2 is 2.12 bits per heavy atom. The second kappa shape index (κ2) is 5.14. The highest BCUT2D eigenvalue weighted by molar-refractivity contribution is 5.76. The topological polar surface area (TPSA) is 55.1 Å². The predicted octanol–water partition coefficient (Wildman–Crippen LogP) is 2.49. The van der Waals surface area contributed by atoms with E-state index >= 15 is 0 Å². The normalized spacial score (nSPS) is 12.8. The fourth-order valence-electron chi connectivity index (χ4n) is 1.99. The predicted molar refractivity (Wildman–Crippen MR) is 62.7 cm³/mol. The van der Waals surface area contributed by atoms with Crippen molar-refractivity contribution in [1.29, 1.82) is 0 Å². The van der Waals surface area contributed by atoms with E-state index in [-0.39, 0.29) is 0 Å². The van der Waals surface area contributed by atoms with E-state index in [2.05, 4.69) is 12.0 Å². The maximum absolute atomic E-state index is 11.0. The smallest absolute Gasteiger partial charge is 0.310 e. The van der Waals surface area contributed by atoms with Gasteiger partial charge in [0.1, 0.15) is 0 Å². The fourth-order valence-corrected chi connectivity index (χ4v) is 1.99. The van der Waals surface area contributed by atoms with Crippen molar-refractivity contribution in [1.82, 2.24) is 9.78 Å². The first kappa shape index (κ1) is 12.7. The first-order chi connectivity index (χ1) is 7.49. The van der Waals surface area contributed by atoms with Crippen LogP contribution in [0.15, 0.2) is 0 Å². The number of carbonyl (C=O) groups is 1. The lowest BCUT2D eigenvalue weighted by Gasteiger charge is -2.07. The van der Waals surface area contributed by atoms with E-state index in [9.17, 15) is 4.79 Å². The van der Waals surface area contributed by atoms with Gasteiger partial charge in [0.15, 0.2) is 0 Å². The van der Waals surface area contributed by atoms with Crippen molar-refractivity contribution in [2.75, 3.05) is 0 Å². The molecular weight excluding hydrogens is 204 g/mol. The average Bonchev–Trinajstić information content (AvgIpc) is 2.50. The van der Waals surface area contributed by atoms with Crippen LogP contribution in [0.1, 0.15) is 49.6 Å². The zero-order valence-electron chi connectivity index (χ0n) is 10.4.